The van der Waals surface area contributed by atoms with Gasteiger partial charge in [0.25, 0.3) is 5.91 Å². The van der Waals surface area contributed by atoms with Gasteiger partial charge >= 0.3 is 0 Å². The molecular formula is C22H28N2O3. The third-order valence-electron chi connectivity index (χ3n) is 4.86. The molecule has 0 aliphatic carbocycles. The van der Waals surface area contributed by atoms with Crippen LogP contribution in [0.15, 0.2) is 54.6 Å². The van der Waals surface area contributed by atoms with Crippen LogP contribution >= 0.6 is 0 Å². The number of rotatable bonds is 8. The first-order valence-corrected chi connectivity index (χ1v) is 9.58. The van der Waals surface area contributed by atoms with Gasteiger partial charge in [-0.15, -0.1) is 0 Å². The Morgan fingerprint density at radius 2 is 1.93 bits per heavy atom. The van der Waals surface area contributed by atoms with Crippen molar-refractivity contribution in [3.63, 3.8) is 0 Å². The zero-order chi connectivity index (χ0) is 18.9. The van der Waals surface area contributed by atoms with Crippen LogP contribution in [0.2, 0.25) is 0 Å². The summed E-state index contributed by atoms with van der Waals surface area (Å²) in [6, 6.07) is 17.7. The summed E-state index contributed by atoms with van der Waals surface area (Å²) in [6.45, 7) is 4.36. The van der Waals surface area contributed by atoms with Crippen molar-refractivity contribution in [1.29, 1.82) is 0 Å². The molecule has 2 aromatic carbocycles. The van der Waals surface area contributed by atoms with Gasteiger partial charge < -0.3 is 14.8 Å². The van der Waals surface area contributed by atoms with E-state index in [2.05, 4.69) is 34.5 Å². The van der Waals surface area contributed by atoms with Gasteiger partial charge in [-0.25, -0.2) is 0 Å². The maximum absolute atomic E-state index is 12.3. The number of amides is 1. The van der Waals surface area contributed by atoms with Gasteiger partial charge in [0.05, 0.1) is 25.4 Å². The molecule has 3 rings (SSSR count). The molecule has 1 N–H and O–H groups in total. The summed E-state index contributed by atoms with van der Waals surface area (Å²) >= 11 is 0. The van der Waals surface area contributed by atoms with Crippen molar-refractivity contribution < 1.29 is 14.3 Å². The number of hydrogen-bond donors (Lipinski definition) is 1. The summed E-state index contributed by atoms with van der Waals surface area (Å²) in [5, 5.41) is 2.98. The molecule has 0 unspecified atom stereocenters. The highest BCUT2D eigenvalue weighted by molar-refractivity contribution is 5.96. The summed E-state index contributed by atoms with van der Waals surface area (Å²) in [6.07, 6.45) is 2.16. The number of carbonyl (C=O) groups is 1. The van der Waals surface area contributed by atoms with Crippen molar-refractivity contribution in [1.82, 2.24) is 10.2 Å². The minimum atomic E-state index is -0.0806. The summed E-state index contributed by atoms with van der Waals surface area (Å²) in [7, 11) is 1.58. The molecule has 5 heteroatoms. The number of hydrogen-bond acceptors (Lipinski definition) is 4. The maximum atomic E-state index is 12.3. The number of para-hydroxylation sites is 1. The van der Waals surface area contributed by atoms with Gasteiger partial charge in [-0.05, 0) is 37.1 Å². The first kappa shape index (κ1) is 19.4. The van der Waals surface area contributed by atoms with Crippen molar-refractivity contribution in [3.8, 4) is 5.75 Å². The summed E-state index contributed by atoms with van der Waals surface area (Å²) in [5.41, 5.74) is 1.82. The molecule has 0 radical (unpaired) electrons. The van der Waals surface area contributed by atoms with Crippen LogP contribution in [0.4, 0.5) is 0 Å². The van der Waals surface area contributed by atoms with E-state index in [1.54, 1.807) is 19.2 Å². The molecule has 1 fully saturated rings. The van der Waals surface area contributed by atoms with Crippen LogP contribution in [0, 0.1) is 0 Å². The minimum Gasteiger partial charge on any atom is -0.496 e. The molecule has 5 nitrogen and oxygen atoms in total. The Labute approximate surface area is 161 Å². The first-order chi connectivity index (χ1) is 13.3. The first-order valence-electron chi connectivity index (χ1n) is 9.58. The lowest BCUT2D eigenvalue weighted by molar-refractivity contribution is -0.0303. The predicted octanol–water partition coefficient (Wildman–Crippen LogP) is 3.28. The lowest BCUT2D eigenvalue weighted by Crippen LogP contribution is -2.39. The van der Waals surface area contributed by atoms with Gasteiger partial charge in [-0.2, -0.15) is 0 Å². The van der Waals surface area contributed by atoms with Gasteiger partial charge in [0.1, 0.15) is 5.75 Å². The fourth-order valence-corrected chi connectivity index (χ4v) is 3.36. The van der Waals surface area contributed by atoms with Gasteiger partial charge in [0.15, 0.2) is 0 Å². The van der Waals surface area contributed by atoms with Crippen molar-refractivity contribution in [2.75, 3.05) is 39.9 Å². The van der Waals surface area contributed by atoms with E-state index < -0.39 is 0 Å². The van der Waals surface area contributed by atoms with E-state index in [9.17, 15) is 4.79 Å². The Hall–Kier alpha value is -2.37. The molecule has 1 heterocycles. The van der Waals surface area contributed by atoms with Crippen LogP contribution in [0.1, 0.15) is 34.9 Å². The molecule has 0 saturated carbocycles. The number of carbonyl (C=O) groups excluding carboxylic acids is 1. The second-order valence-electron chi connectivity index (χ2n) is 6.73. The van der Waals surface area contributed by atoms with E-state index in [0.29, 0.717) is 17.9 Å². The second-order valence-corrected chi connectivity index (χ2v) is 6.73. The topological polar surface area (TPSA) is 50.8 Å². The molecule has 2 aromatic rings. The molecule has 0 bridgehead atoms. The second kappa shape index (κ2) is 10.1. The Morgan fingerprint density at radius 1 is 1.15 bits per heavy atom. The van der Waals surface area contributed by atoms with Gasteiger partial charge in [-0.3, -0.25) is 9.69 Å². The van der Waals surface area contributed by atoms with Crippen LogP contribution in [0.3, 0.4) is 0 Å². The highest BCUT2D eigenvalue weighted by atomic mass is 16.5. The average molecular weight is 368 g/mol. The zero-order valence-corrected chi connectivity index (χ0v) is 15.9. The molecular weight excluding hydrogens is 340 g/mol. The summed E-state index contributed by atoms with van der Waals surface area (Å²) in [4.78, 5) is 14.7. The number of benzene rings is 2. The van der Waals surface area contributed by atoms with Gasteiger partial charge in [0, 0.05) is 19.6 Å². The Morgan fingerprint density at radius 3 is 2.74 bits per heavy atom. The molecule has 1 amide bonds. The monoisotopic (exact) mass is 368 g/mol. The van der Waals surface area contributed by atoms with Crippen molar-refractivity contribution in [2.45, 2.75) is 18.9 Å². The van der Waals surface area contributed by atoms with E-state index in [-0.39, 0.29) is 12.0 Å². The lowest BCUT2D eigenvalue weighted by atomic mass is 10.1. The Balaban J connectivity index is 1.37. The number of methoxy groups -OCH3 is 1. The minimum absolute atomic E-state index is 0.0806. The number of morpholine rings is 1. The van der Waals surface area contributed by atoms with Crippen LogP contribution in [0.5, 0.6) is 5.75 Å². The normalized spacial score (nSPS) is 17.4. The molecule has 1 aliphatic rings. The number of unbranched alkanes of at least 4 members (excludes halogenated alkanes) is 1. The van der Waals surface area contributed by atoms with Gasteiger partial charge in [-0.1, -0.05) is 42.5 Å². The van der Waals surface area contributed by atoms with Gasteiger partial charge in [0.2, 0.25) is 0 Å². The zero-order valence-electron chi connectivity index (χ0n) is 15.9. The highest BCUT2D eigenvalue weighted by Crippen LogP contribution is 2.22. The molecule has 1 aliphatic heterocycles. The fourth-order valence-electron chi connectivity index (χ4n) is 3.36. The highest BCUT2D eigenvalue weighted by Gasteiger charge is 2.21. The van der Waals surface area contributed by atoms with Crippen LogP contribution in [0.25, 0.3) is 0 Å². The maximum Gasteiger partial charge on any atom is 0.255 e. The third-order valence-corrected chi connectivity index (χ3v) is 4.86. The molecule has 144 valence electrons. The number of ether oxygens (including phenoxy) is 2. The smallest absolute Gasteiger partial charge is 0.255 e. The number of nitrogens with zero attached hydrogens (tertiary/aromatic N) is 1. The molecule has 1 atom stereocenters. The largest absolute Gasteiger partial charge is 0.496 e. The Kier molecular flexibility index (Phi) is 7.25. The lowest BCUT2D eigenvalue weighted by Gasteiger charge is -2.33. The average Bonchev–Trinajstić information content (AvgIpc) is 2.74. The summed E-state index contributed by atoms with van der Waals surface area (Å²) in [5.74, 6) is 0.526. The van der Waals surface area contributed by atoms with E-state index >= 15 is 0 Å². The van der Waals surface area contributed by atoms with Crippen LogP contribution in [-0.2, 0) is 4.74 Å². The van der Waals surface area contributed by atoms with Crippen molar-refractivity contribution in [3.05, 3.63) is 65.7 Å². The predicted molar refractivity (Wildman–Crippen MR) is 106 cm³/mol. The van der Waals surface area contributed by atoms with Crippen molar-refractivity contribution >= 4 is 5.91 Å². The Bertz CT molecular complexity index is 721. The van der Waals surface area contributed by atoms with Crippen LogP contribution in [-0.4, -0.2) is 50.7 Å². The molecule has 27 heavy (non-hydrogen) atoms. The quantitative estimate of drug-likeness (QED) is 0.727. The number of nitrogens with one attached hydrogen (secondary N) is 1. The van der Waals surface area contributed by atoms with E-state index in [4.69, 9.17) is 9.47 Å². The molecule has 0 spiro atoms. The standard InChI is InChI=1S/C22H28N2O3/c1-26-20-12-6-5-11-19(20)22(25)23-13-7-8-14-24-15-16-27-21(17-24)18-9-3-2-4-10-18/h2-6,9-12,21H,7-8,13-17H2,1H3,(H,23,25)/t21-/m1/s1. The molecule has 0 aromatic heterocycles. The SMILES string of the molecule is COc1ccccc1C(=O)NCCCCN1CCO[C@@H](c2ccccc2)C1. The van der Waals surface area contributed by atoms with E-state index in [1.165, 1.54) is 5.56 Å². The molecule has 1 saturated heterocycles. The van der Waals surface area contributed by atoms with E-state index in [0.717, 1.165) is 39.1 Å². The summed E-state index contributed by atoms with van der Waals surface area (Å²) < 4.78 is 11.2. The van der Waals surface area contributed by atoms with Crippen molar-refractivity contribution in [2.24, 2.45) is 0 Å². The fraction of sp³-hybridized carbons (Fsp3) is 0.409. The van der Waals surface area contributed by atoms with Crippen LogP contribution < -0.4 is 10.1 Å². The van der Waals surface area contributed by atoms with E-state index in [1.807, 2.05) is 18.2 Å². The third kappa shape index (κ3) is 5.55.